The van der Waals surface area contributed by atoms with E-state index in [9.17, 15) is 0 Å². The van der Waals surface area contributed by atoms with Crippen molar-refractivity contribution in [3.63, 3.8) is 0 Å². The quantitative estimate of drug-likeness (QED) is 0.848. The number of rotatable bonds is 4. The number of nitriles is 1. The molecule has 0 aromatic heterocycles. The maximum absolute atomic E-state index is 9.16. The Hall–Kier alpha value is -2.49. The van der Waals surface area contributed by atoms with Crippen molar-refractivity contribution in [3.8, 4) is 24.2 Å². The van der Waals surface area contributed by atoms with Crippen LogP contribution < -0.4 is 10.1 Å². The molecule has 1 atom stereocenters. The maximum Gasteiger partial charge on any atom is 0.122 e. The van der Waals surface area contributed by atoms with E-state index in [1.165, 1.54) is 0 Å². The van der Waals surface area contributed by atoms with Crippen LogP contribution in [0.25, 0.3) is 10.8 Å². The second-order valence-electron chi connectivity index (χ2n) is 4.12. The lowest BCUT2D eigenvalue weighted by molar-refractivity contribution is 0.415. The minimum atomic E-state index is -0.387. The van der Waals surface area contributed by atoms with Crippen molar-refractivity contribution in [2.24, 2.45) is 0 Å². The molecule has 0 aliphatic heterocycles. The molecule has 0 radical (unpaired) electrons. The summed E-state index contributed by atoms with van der Waals surface area (Å²) in [5, 5.41) is 14.3. The van der Waals surface area contributed by atoms with Crippen molar-refractivity contribution < 1.29 is 4.74 Å². The van der Waals surface area contributed by atoms with E-state index in [1.807, 2.05) is 36.4 Å². The fraction of sp³-hybridized carbons (Fsp3) is 0.188. The molecule has 1 unspecified atom stereocenters. The topological polar surface area (TPSA) is 45.0 Å². The number of fused-ring (bicyclic) bond motifs is 1. The van der Waals surface area contributed by atoms with Crippen LogP contribution in [0.2, 0.25) is 0 Å². The van der Waals surface area contributed by atoms with Gasteiger partial charge in [-0.25, -0.2) is 0 Å². The number of hydrogen-bond acceptors (Lipinski definition) is 3. The van der Waals surface area contributed by atoms with Crippen molar-refractivity contribution >= 4 is 10.8 Å². The van der Waals surface area contributed by atoms with E-state index < -0.39 is 0 Å². The molecular weight excluding hydrogens is 236 g/mol. The number of nitrogens with zero attached hydrogens (tertiary/aromatic N) is 1. The van der Waals surface area contributed by atoms with E-state index in [1.54, 1.807) is 7.11 Å². The summed E-state index contributed by atoms with van der Waals surface area (Å²) < 4.78 is 5.19. The summed E-state index contributed by atoms with van der Waals surface area (Å²) >= 11 is 0. The summed E-state index contributed by atoms with van der Waals surface area (Å²) in [6, 6.07) is 13.6. The Bertz CT molecular complexity index is 664. The Kier molecular flexibility index (Phi) is 4.03. The highest BCUT2D eigenvalue weighted by Gasteiger charge is 2.09. The van der Waals surface area contributed by atoms with Gasteiger partial charge in [0.2, 0.25) is 0 Å². The van der Waals surface area contributed by atoms with Crippen LogP contribution >= 0.6 is 0 Å². The Morgan fingerprint density at radius 3 is 2.68 bits per heavy atom. The minimum Gasteiger partial charge on any atom is -0.497 e. The van der Waals surface area contributed by atoms with Crippen LogP contribution in [-0.2, 0) is 0 Å². The van der Waals surface area contributed by atoms with Crippen molar-refractivity contribution in [1.29, 1.82) is 5.26 Å². The lowest BCUT2D eigenvalue weighted by Gasteiger charge is -2.11. The van der Waals surface area contributed by atoms with E-state index in [2.05, 4.69) is 17.3 Å². The van der Waals surface area contributed by atoms with Crippen molar-refractivity contribution in [2.45, 2.75) is 6.04 Å². The van der Waals surface area contributed by atoms with Crippen LogP contribution in [-0.4, -0.2) is 13.7 Å². The van der Waals surface area contributed by atoms with E-state index >= 15 is 0 Å². The molecule has 0 aliphatic rings. The lowest BCUT2D eigenvalue weighted by atomic mass is 10.0. The molecule has 0 saturated carbocycles. The predicted molar refractivity (Wildman–Crippen MR) is 75.7 cm³/mol. The maximum atomic E-state index is 9.16. The molecule has 2 aromatic carbocycles. The van der Waals surface area contributed by atoms with Crippen molar-refractivity contribution in [3.05, 3.63) is 42.0 Å². The largest absolute Gasteiger partial charge is 0.497 e. The molecule has 0 spiro atoms. The molecule has 0 heterocycles. The van der Waals surface area contributed by atoms with Gasteiger partial charge in [0.1, 0.15) is 11.8 Å². The summed E-state index contributed by atoms with van der Waals surface area (Å²) in [5.74, 6) is 3.30. The second kappa shape index (κ2) is 5.91. The first-order valence-electron chi connectivity index (χ1n) is 5.92. The summed E-state index contributed by atoms with van der Waals surface area (Å²) in [6.07, 6.45) is 5.20. The molecule has 3 heteroatoms. The molecule has 2 aromatic rings. The molecule has 0 fully saturated rings. The van der Waals surface area contributed by atoms with Gasteiger partial charge in [0.25, 0.3) is 0 Å². The normalized spacial score (nSPS) is 11.5. The third-order valence-electron chi connectivity index (χ3n) is 2.94. The highest BCUT2D eigenvalue weighted by molar-refractivity contribution is 5.84. The van der Waals surface area contributed by atoms with Crippen LogP contribution in [0.15, 0.2) is 36.4 Å². The average molecular weight is 250 g/mol. The van der Waals surface area contributed by atoms with Gasteiger partial charge in [-0.1, -0.05) is 24.1 Å². The van der Waals surface area contributed by atoms with E-state index in [0.717, 1.165) is 22.1 Å². The van der Waals surface area contributed by atoms with Gasteiger partial charge < -0.3 is 4.74 Å². The summed E-state index contributed by atoms with van der Waals surface area (Å²) in [4.78, 5) is 0. The minimum absolute atomic E-state index is 0.374. The number of terminal acetylenes is 1. The number of benzene rings is 2. The third kappa shape index (κ3) is 2.85. The molecule has 0 bridgehead atoms. The van der Waals surface area contributed by atoms with Crippen LogP contribution in [0, 0.1) is 23.7 Å². The van der Waals surface area contributed by atoms with Gasteiger partial charge in [-0.3, -0.25) is 5.32 Å². The molecule has 0 amide bonds. The molecule has 19 heavy (non-hydrogen) atoms. The summed E-state index contributed by atoms with van der Waals surface area (Å²) in [5.41, 5.74) is 0.912. The van der Waals surface area contributed by atoms with E-state index in [4.69, 9.17) is 16.4 Å². The molecule has 1 N–H and O–H groups in total. The van der Waals surface area contributed by atoms with Crippen molar-refractivity contribution in [1.82, 2.24) is 5.32 Å². The Balaban J connectivity index is 2.36. The predicted octanol–water partition coefficient (Wildman–Crippen LogP) is 2.64. The Labute approximate surface area is 112 Å². The van der Waals surface area contributed by atoms with Gasteiger partial charge in [0.15, 0.2) is 0 Å². The lowest BCUT2D eigenvalue weighted by Crippen LogP contribution is -2.19. The molecule has 0 saturated heterocycles. The number of nitrogens with one attached hydrogen (secondary N) is 1. The fourth-order valence-corrected chi connectivity index (χ4v) is 1.95. The number of ether oxygens (including phenoxy) is 1. The third-order valence-corrected chi connectivity index (χ3v) is 2.94. The zero-order valence-electron chi connectivity index (χ0n) is 10.7. The first kappa shape index (κ1) is 13.0. The zero-order chi connectivity index (χ0) is 13.7. The first-order chi connectivity index (χ1) is 9.28. The number of methoxy groups -OCH3 is 1. The Morgan fingerprint density at radius 1 is 1.26 bits per heavy atom. The van der Waals surface area contributed by atoms with Crippen LogP contribution in [0.1, 0.15) is 11.6 Å². The Morgan fingerprint density at radius 2 is 2.00 bits per heavy atom. The van der Waals surface area contributed by atoms with Crippen LogP contribution in [0.4, 0.5) is 0 Å². The second-order valence-corrected chi connectivity index (χ2v) is 4.12. The highest BCUT2D eigenvalue weighted by Crippen LogP contribution is 2.24. The SMILES string of the molecule is C#CCNC(C#N)c1ccc2cc(OC)ccc2c1. The molecule has 0 aliphatic carbocycles. The zero-order valence-corrected chi connectivity index (χ0v) is 10.7. The average Bonchev–Trinajstić information content (AvgIpc) is 2.47. The molecule has 3 nitrogen and oxygen atoms in total. The van der Waals surface area contributed by atoms with Gasteiger partial charge in [-0.15, -0.1) is 6.42 Å². The molecule has 94 valence electrons. The van der Waals surface area contributed by atoms with Gasteiger partial charge in [-0.05, 0) is 34.5 Å². The van der Waals surface area contributed by atoms with Gasteiger partial charge >= 0.3 is 0 Å². The standard InChI is InChI=1S/C16H14N2O/c1-3-8-18-16(11-17)14-5-4-13-10-15(19-2)7-6-12(13)9-14/h1,4-7,9-10,16,18H,8H2,2H3. The van der Waals surface area contributed by atoms with Gasteiger partial charge in [-0.2, -0.15) is 5.26 Å². The molecular formula is C16H14N2O. The fourth-order valence-electron chi connectivity index (χ4n) is 1.95. The van der Waals surface area contributed by atoms with Gasteiger partial charge in [0, 0.05) is 0 Å². The smallest absolute Gasteiger partial charge is 0.122 e. The first-order valence-corrected chi connectivity index (χ1v) is 5.92. The van der Waals surface area contributed by atoms with Crippen LogP contribution in [0.3, 0.4) is 0 Å². The van der Waals surface area contributed by atoms with E-state index in [-0.39, 0.29) is 6.04 Å². The summed E-state index contributed by atoms with van der Waals surface area (Å²) in [7, 11) is 1.64. The molecule has 2 rings (SSSR count). The van der Waals surface area contributed by atoms with E-state index in [0.29, 0.717) is 6.54 Å². The summed E-state index contributed by atoms with van der Waals surface area (Å²) in [6.45, 7) is 0.374. The highest BCUT2D eigenvalue weighted by atomic mass is 16.5. The van der Waals surface area contributed by atoms with Gasteiger partial charge in [0.05, 0.1) is 19.7 Å². The van der Waals surface area contributed by atoms with Crippen molar-refractivity contribution in [2.75, 3.05) is 13.7 Å². The van der Waals surface area contributed by atoms with Crippen LogP contribution in [0.5, 0.6) is 5.75 Å². The monoisotopic (exact) mass is 250 g/mol. The number of hydrogen-bond donors (Lipinski definition) is 1.